The first-order valence-corrected chi connectivity index (χ1v) is 13.3. The fourth-order valence-electron chi connectivity index (χ4n) is 8.05. The van der Waals surface area contributed by atoms with Crippen LogP contribution in [-0.2, 0) is 20.7 Å². The van der Waals surface area contributed by atoms with E-state index in [1.807, 2.05) is 57.2 Å². The van der Waals surface area contributed by atoms with Crippen LogP contribution in [0.3, 0.4) is 0 Å². The first-order valence-electron chi connectivity index (χ1n) is 13.3. The third-order valence-corrected chi connectivity index (χ3v) is 9.94. The Bertz CT molecular complexity index is 1170. The molecule has 1 aromatic rings. The van der Waals surface area contributed by atoms with Gasteiger partial charge in [0.1, 0.15) is 11.2 Å². The molecule has 5 rings (SSSR count). The molecule has 0 heterocycles. The van der Waals surface area contributed by atoms with Crippen molar-refractivity contribution in [3.05, 3.63) is 59.2 Å². The predicted octanol–water partition coefficient (Wildman–Crippen LogP) is 2.47. The second-order valence-corrected chi connectivity index (χ2v) is 12.5. The van der Waals surface area contributed by atoms with Crippen molar-refractivity contribution in [2.75, 3.05) is 6.61 Å². The van der Waals surface area contributed by atoms with Gasteiger partial charge in [-0.2, -0.15) is 0 Å². The van der Waals surface area contributed by atoms with Crippen molar-refractivity contribution in [3.63, 3.8) is 0 Å². The maximum Gasteiger partial charge on any atom is 0.307 e. The summed E-state index contributed by atoms with van der Waals surface area (Å²) in [5.41, 5.74) is 3.83. The van der Waals surface area contributed by atoms with E-state index in [-0.39, 0.29) is 43.3 Å². The van der Waals surface area contributed by atoms with Crippen molar-refractivity contribution in [2.24, 2.45) is 34.8 Å². The van der Waals surface area contributed by atoms with E-state index in [1.54, 1.807) is 13.0 Å². The molecule has 0 radical (unpaired) electrons. The molecule has 0 bridgehead atoms. The number of carbonyl (C=O) groups is 2. The first-order chi connectivity index (χ1) is 17.3. The SMILES string of the molecule is CC1=C[C@H]2[C@@]3(O)[C@H](C)C[C@]4(OC(=O)C[C@@H](N)Cc5ccccc5)[C@@H]([C@@H]3C=C(CO)C[C@]2(O)C1=O)C4(C)C. The molecule has 200 valence electrons. The van der Waals surface area contributed by atoms with Crippen LogP contribution in [0.4, 0.5) is 0 Å². The van der Waals surface area contributed by atoms with Crippen LogP contribution in [0.1, 0.15) is 52.5 Å². The number of hydrogen-bond acceptors (Lipinski definition) is 7. The summed E-state index contributed by atoms with van der Waals surface area (Å²) in [5, 5.41) is 34.1. The smallest absolute Gasteiger partial charge is 0.307 e. The molecule has 8 atom stereocenters. The zero-order chi connectivity index (χ0) is 27.0. The van der Waals surface area contributed by atoms with E-state index in [9.17, 15) is 24.9 Å². The van der Waals surface area contributed by atoms with Gasteiger partial charge in [0.2, 0.25) is 0 Å². The monoisotopic (exact) mass is 509 g/mol. The third kappa shape index (κ3) is 3.69. The van der Waals surface area contributed by atoms with E-state index in [0.29, 0.717) is 24.0 Å². The molecule has 0 saturated heterocycles. The van der Waals surface area contributed by atoms with Gasteiger partial charge in [0.05, 0.1) is 18.6 Å². The summed E-state index contributed by atoms with van der Waals surface area (Å²) in [5.74, 6) is -2.69. The minimum atomic E-state index is -1.80. The van der Waals surface area contributed by atoms with Crippen LogP contribution >= 0.6 is 0 Å². The van der Waals surface area contributed by atoms with Gasteiger partial charge < -0.3 is 25.8 Å². The van der Waals surface area contributed by atoms with Crippen LogP contribution in [0.2, 0.25) is 0 Å². The Labute approximate surface area is 218 Å². The maximum absolute atomic E-state index is 13.2. The van der Waals surface area contributed by atoms with Gasteiger partial charge in [0.25, 0.3) is 0 Å². The van der Waals surface area contributed by atoms with E-state index in [4.69, 9.17) is 10.5 Å². The highest BCUT2D eigenvalue weighted by Gasteiger charge is 2.83. The van der Waals surface area contributed by atoms with Gasteiger partial charge in [-0.3, -0.25) is 9.59 Å². The number of fused-ring (bicyclic) bond motifs is 5. The summed E-state index contributed by atoms with van der Waals surface area (Å²) < 4.78 is 6.26. The maximum atomic E-state index is 13.2. The van der Waals surface area contributed by atoms with Crippen LogP contribution in [0.25, 0.3) is 0 Å². The van der Waals surface area contributed by atoms with Gasteiger partial charge in [-0.15, -0.1) is 0 Å². The van der Waals surface area contributed by atoms with Crippen molar-refractivity contribution in [1.82, 2.24) is 0 Å². The number of Topliss-reactive ketones (excluding diaryl/α,β-unsaturated/α-hetero) is 1. The van der Waals surface area contributed by atoms with Crippen LogP contribution in [0.15, 0.2) is 53.6 Å². The van der Waals surface area contributed by atoms with Crippen LogP contribution in [-0.4, -0.2) is 56.5 Å². The molecule has 5 N–H and O–H groups in total. The summed E-state index contributed by atoms with van der Waals surface area (Å²) in [7, 11) is 0. The van der Waals surface area contributed by atoms with Crippen molar-refractivity contribution in [1.29, 1.82) is 0 Å². The number of benzene rings is 1. The number of aliphatic hydroxyl groups is 3. The van der Waals surface area contributed by atoms with Crippen molar-refractivity contribution in [2.45, 2.75) is 76.2 Å². The Morgan fingerprint density at radius 1 is 1.19 bits per heavy atom. The standard InChI is InChI=1S/C30H39NO6/c1-17-10-23-28(35,26(17)34)15-20(16-32)12-22-25-27(3,4)29(25,14-18(2)30(22,23)36)37-24(33)13-21(31)11-19-8-6-5-7-9-19/h5-10,12,18,21-23,25,32,35-36H,11,13-16,31H2,1-4H3/t18-,21+,22+,23-,25+,28-,29+,30-/m1/s1. The summed E-state index contributed by atoms with van der Waals surface area (Å²) in [4.78, 5) is 26.2. The number of nitrogens with two attached hydrogens (primary N) is 1. The molecule has 2 fully saturated rings. The van der Waals surface area contributed by atoms with Crippen molar-refractivity contribution >= 4 is 11.8 Å². The average molecular weight is 510 g/mol. The lowest BCUT2D eigenvalue weighted by atomic mass is 9.60. The molecule has 0 aromatic heterocycles. The number of aliphatic hydroxyl groups excluding tert-OH is 1. The largest absolute Gasteiger partial charge is 0.458 e. The summed E-state index contributed by atoms with van der Waals surface area (Å²) in [6.45, 7) is 7.32. The number of carbonyl (C=O) groups excluding carboxylic acids is 2. The molecule has 0 spiro atoms. The molecule has 2 saturated carbocycles. The summed E-state index contributed by atoms with van der Waals surface area (Å²) in [6, 6.07) is 9.41. The number of esters is 1. The normalized spacial score (nSPS) is 40.4. The molecule has 7 nitrogen and oxygen atoms in total. The highest BCUT2D eigenvalue weighted by molar-refractivity contribution is 6.04. The van der Waals surface area contributed by atoms with E-state index in [1.165, 1.54) is 0 Å². The molecule has 4 aliphatic carbocycles. The topological polar surface area (TPSA) is 130 Å². The van der Waals surface area contributed by atoms with Gasteiger partial charge in [0, 0.05) is 35.6 Å². The molecule has 0 unspecified atom stereocenters. The number of rotatable bonds is 6. The molecule has 7 heteroatoms. The summed E-state index contributed by atoms with van der Waals surface area (Å²) >= 11 is 0. The van der Waals surface area contributed by atoms with Gasteiger partial charge in [0.15, 0.2) is 5.78 Å². The Morgan fingerprint density at radius 3 is 2.51 bits per heavy atom. The minimum Gasteiger partial charge on any atom is -0.458 e. The zero-order valence-corrected chi connectivity index (χ0v) is 22.1. The second-order valence-electron chi connectivity index (χ2n) is 12.5. The Hall–Kier alpha value is -2.32. The molecular weight excluding hydrogens is 470 g/mol. The molecule has 37 heavy (non-hydrogen) atoms. The van der Waals surface area contributed by atoms with Gasteiger partial charge in [-0.25, -0.2) is 0 Å². The molecule has 1 aromatic carbocycles. The van der Waals surface area contributed by atoms with Gasteiger partial charge in [-0.1, -0.05) is 63.3 Å². The Balaban J connectivity index is 1.44. The molecule has 4 aliphatic rings. The average Bonchev–Trinajstić information content (AvgIpc) is 3.23. The van der Waals surface area contributed by atoms with Crippen LogP contribution in [0.5, 0.6) is 0 Å². The highest BCUT2D eigenvalue weighted by atomic mass is 16.6. The lowest BCUT2D eigenvalue weighted by Crippen LogP contribution is -2.61. The Kier molecular flexibility index (Phi) is 6.11. The lowest BCUT2D eigenvalue weighted by molar-refractivity contribution is -0.187. The fourth-order valence-corrected chi connectivity index (χ4v) is 8.05. The highest BCUT2D eigenvalue weighted by Crippen LogP contribution is 2.76. The minimum absolute atomic E-state index is 0.0271. The van der Waals surface area contributed by atoms with Crippen LogP contribution < -0.4 is 5.73 Å². The Morgan fingerprint density at radius 2 is 1.86 bits per heavy atom. The molecule has 0 aliphatic heterocycles. The molecular formula is C30H39NO6. The van der Waals surface area contributed by atoms with Gasteiger partial charge in [-0.05, 0) is 42.4 Å². The quantitative estimate of drug-likeness (QED) is 0.342. The van der Waals surface area contributed by atoms with Crippen LogP contribution in [0, 0.1) is 29.1 Å². The lowest BCUT2D eigenvalue weighted by Gasteiger charge is -2.50. The first kappa shape index (κ1) is 26.3. The van der Waals surface area contributed by atoms with E-state index < -0.39 is 39.8 Å². The number of hydrogen-bond donors (Lipinski definition) is 4. The number of ether oxygens (including phenoxy) is 1. The predicted molar refractivity (Wildman–Crippen MR) is 138 cm³/mol. The third-order valence-electron chi connectivity index (χ3n) is 9.94. The molecule has 0 amide bonds. The number of ketones is 1. The second kappa shape index (κ2) is 8.60. The van der Waals surface area contributed by atoms with Gasteiger partial charge >= 0.3 is 5.97 Å². The fraction of sp³-hybridized carbons (Fsp3) is 0.600. The summed E-state index contributed by atoms with van der Waals surface area (Å²) in [6.07, 6.45) is 4.58. The van der Waals surface area contributed by atoms with Crippen molar-refractivity contribution in [3.8, 4) is 0 Å². The van der Waals surface area contributed by atoms with Crippen molar-refractivity contribution < 1.29 is 29.6 Å². The van der Waals surface area contributed by atoms with E-state index in [0.717, 1.165) is 5.56 Å². The van der Waals surface area contributed by atoms with E-state index in [2.05, 4.69) is 0 Å². The zero-order valence-electron chi connectivity index (χ0n) is 22.1. The van der Waals surface area contributed by atoms with E-state index >= 15 is 0 Å².